The molecule has 1 aliphatic rings. The second-order valence-corrected chi connectivity index (χ2v) is 4.55. The van der Waals surface area contributed by atoms with E-state index in [4.69, 9.17) is 5.73 Å². The van der Waals surface area contributed by atoms with E-state index in [1.54, 1.807) is 6.92 Å². The molecule has 2 N–H and O–H groups in total. The first-order chi connectivity index (χ1) is 7.16. The maximum atomic E-state index is 11.1. The van der Waals surface area contributed by atoms with Crippen LogP contribution in [-0.2, 0) is 4.79 Å². The molecule has 1 aromatic heterocycles. The van der Waals surface area contributed by atoms with Gasteiger partial charge in [-0.15, -0.1) is 0 Å². The van der Waals surface area contributed by atoms with Crippen LogP contribution >= 0.6 is 11.5 Å². The molecule has 5 nitrogen and oxygen atoms in total. The summed E-state index contributed by atoms with van der Waals surface area (Å²) in [6.07, 6.45) is 1.88. The summed E-state index contributed by atoms with van der Waals surface area (Å²) in [6, 6.07) is 0. The van der Waals surface area contributed by atoms with Crippen molar-refractivity contribution in [2.24, 2.45) is 0 Å². The van der Waals surface area contributed by atoms with E-state index in [1.807, 2.05) is 4.90 Å². The Hall–Kier alpha value is -1.17. The van der Waals surface area contributed by atoms with Gasteiger partial charge in [-0.25, -0.2) is 4.98 Å². The molecule has 2 heterocycles. The van der Waals surface area contributed by atoms with Gasteiger partial charge in [0.2, 0.25) is 5.91 Å². The lowest BCUT2D eigenvalue weighted by Crippen LogP contribution is -2.36. The van der Waals surface area contributed by atoms with E-state index in [0.29, 0.717) is 11.0 Å². The minimum absolute atomic E-state index is 0.152. The molecule has 82 valence electrons. The first-order valence-corrected chi connectivity index (χ1v) is 5.78. The summed E-state index contributed by atoms with van der Waals surface area (Å²) in [6.45, 7) is 3.22. The second-order valence-electron chi connectivity index (χ2n) is 3.77. The van der Waals surface area contributed by atoms with Crippen LogP contribution in [0.25, 0.3) is 0 Å². The summed E-state index contributed by atoms with van der Waals surface area (Å²) in [4.78, 5) is 17.2. The molecule has 0 spiro atoms. The van der Waals surface area contributed by atoms with Crippen LogP contribution in [0.1, 0.15) is 31.5 Å². The van der Waals surface area contributed by atoms with Crippen molar-refractivity contribution in [3.8, 4) is 0 Å². The van der Waals surface area contributed by atoms with E-state index in [2.05, 4.69) is 9.36 Å². The van der Waals surface area contributed by atoms with Gasteiger partial charge in [0.25, 0.3) is 0 Å². The number of nitrogen functional groups attached to an aromatic ring is 1. The van der Waals surface area contributed by atoms with Crippen LogP contribution in [0.4, 0.5) is 5.13 Å². The highest BCUT2D eigenvalue weighted by Gasteiger charge is 2.24. The zero-order valence-corrected chi connectivity index (χ0v) is 9.46. The van der Waals surface area contributed by atoms with Crippen molar-refractivity contribution >= 4 is 22.6 Å². The molecule has 1 fully saturated rings. The number of piperidine rings is 1. The highest BCUT2D eigenvalue weighted by Crippen LogP contribution is 2.27. The Bertz CT molecular complexity index is 357. The topological polar surface area (TPSA) is 72.1 Å². The number of hydrogen-bond donors (Lipinski definition) is 1. The molecule has 1 amide bonds. The van der Waals surface area contributed by atoms with Gasteiger partial charge in [0.05, 0.1) is 0 Å². The lowest BCUT2D eigenvalue weighted by molar-refractivity contribution is -0.129. The lowest BCUT2D eigenvalue weighted by Gasteiger charge is -2.29. The third-order valence-corrected chi connectivity index (χ3v) is 3.32. The molecule has 0 saturated carbocycles. The Balaban J connectivity index is 1.96. The van der Waals surface area contributed by atoms with Crippen LogP contribution < -0.4 is 5.73 Å². The number of carbonyl (C=O) groups is 1. The van der Waals surface area contributed by atoms with E-state index in [-0.39, 0.29) is 5.91 Å². The molecule has 15 heavy (non-hydrogen) atoms. The van der Waals surface area contributed by atoms with Crippen molar-refractivity contribution in [1.82, 2.24) is 14.3 Å². The van der Waals surface area contributed by atoms with Crippen LogP contribution in [0, 0.1) is 0 Å². The summed E-state index contributed by atoms with van der Waals surface area (Å²) < 4.78 is 4.21. The predicted molar refractivity (Wildman–Crippen MR) is 58.6 cm³/mol. The van der Waals surface area contributed by atoms with Gasteiger partial charge < -0.3 is 10.6 Å². The fourth-order valence-electron chi connectivity index (χ4n) is 1.87. The van der Waals surface area contributed by atoms with Crippen molar-refractivity contribution in [2.75, 3.05) is 18.8 Å². The standard InChI is InChI=1S/C9H14N4OS/c1-6(14)13-4-2-7(3-5-13)8-11-9(10)15-12-8/h7H,2-5H2,1H3,(H2,10,11,12). The van der Waals surface area contributed by atoms with Crippen LogP contribution in [-0.4, -0.2) is 33.3 Å². The number of nitrogens with zero attached hydrogens (tertiary/aromatic N) is 3. The molecule has 0 radical (unpaired) electrons. The fourth-order valence-corrected chi connectivity index (χ4v) is 2.38. The van der Waals surface area contributed by atoms with Crippen molar-refractivity contribution in [1.29, 1.82) is 0 Å². The number of anilines is 1. The Morgan fingerprint density at radius 2 is 2.20 bits per heavy atom. The zero-order chi connectivity index (χ0) is 10.8. The second kappa shape index (κ2) is 4.14. The minimum atomic E-state index is 0.152. The maximum Gasteiger partial charge on any atom is 0.219 e. The largest absolute Gasteiger partial charge is 0.374 e. The van der Waals surface area contributed by atoms with Crippen LogP contribution in [0.5, 0.6) is 0 Å². The molecular formula is C9H14N4OS. The average molecular weight is 226 g/mol. The van der Waals surface area contributed by atoms with Crippen molar-refractivity contribution in [2.45, 2.75) is 25.7 Å². The van der Waals surface area contributed by atoms with E-state index >= 15 is 0 Å². The summed E-state index contributed by atoms with van der Waals surface area (Å²) in [7, 11) is 0. The summed E-state index contributed by atoms with van der Waals surface area (Å²) in [5.74, 6) is 1.37. The Morgan fingerprint density at radius 3 is 2.67 bits per heavy atom. The van der Waals surface area contributed by atoms with Gasteiger partial charge in [-0.3, -0.25) is 4.79 Å². The number of hydrogen-bond acceptors (Lipinski definition) is 5. The zero-order valence-electron chi connectivity index (χ0n) is 8.64. The van der Waals surface area contributed by atoms with E-state index in [9.17, 15) is 4.79 Å². The van der Waals surface area contributed by atoms with Crippen LogP contribution in [0.15, 0.2) is 0 Å². The van der Waals surface area contributed by atoms with E-state index < -0.39 is 0 Å². The predicted octanol–water partition coefficient (Wildman–Crippen LogP) is 0.846. The molecule has 0 aromatic carbocycles. The molecule has 1 aliphatic heterocycles. The summed E-state index contributed by atoms with van der Waals surface area (Å²) in [5.41, 5.74) is 5.54. The molecule has 0 atom stereocenters. The van der Waals surface area contributed by atoms with Crippen LogP contribution in [0.3, 0.4) is 0 Å². The first-order valence-electron chi connectivity index (χ1n) is 5.01. The van der Waals surface area contributed by atoms with Gasteiger partial charge in [0, 0.05) is 37.5 Å². The smallest absolute Gasteiger partial charge is 0.219 e. The highest BCUT2D eigenvalue weighted by atomic mass is 32.1. The number of nitrogens with two attached hydrogens (primary N) is 1. The van der Waals surface area contributed by atoms with Crippen molar-refractivity contribution < 1.29 is 4.79 Å². The fraction of sp³-hybridized carbons (Fsp3) is 0.667. The minimum Gasteiger partial charge on any atom is -0.374 e. The molecular weight excluding hydrogens is 212 g/mol. The van der Waals surface area contributed by atoms with Gasteiger partial charge >= 0.3 is 0 Å². The SMILES string of the molecule is CC(=O)N1CCC(c2nsc(N)n2)CC1. The average Bonchev–Trinajstić information content (AvgIpc) is 2.65. The van der Waals surface area contributed by atoms with Gasteiger partial charge in [0.1, 0.15) is 5.82 Å². The van der Waals surface area contributed by atoms with Gasteiger partial charge in [-0.2, -0.15) is 4.37 Å². The molecule has 6 heteroatoms. The molecule has 0 aliphatic carbocycles. The highest BCUT2D eigenvalue weighted by molar-refractivity contribution is 7.09. The normalized spacial score (nSPS) is 18.1. The molecule has 1 aromatic rings. The first kappa shape index (κ1) is 10.4. The summed E-state index contributed by atoms with van der Waals surface area (Å²) in [5, 5.41) is 0.527. The number of rotatable bonds is 1. The van der Waals surface area contributed by atoms with Gasteiger partial charge in [-0.1, -0.05) is 0 Å². The number of carbonyl (C=O) groups excluding carboxylic acids is 1. The molecule has 0 unspecified atom stereocenters. The molecule has 1 saturated heterocycles. The number of likely N-dealkylation sites (tertiary alicyclic amines) is 1. The van der Waals surface area contributed by atoms with E-state index in [0.717, 1.165) is 31.8 Å². The van der Waals surface area contributed by atoms with Crippen molar-refractivity contribution in [3.05, 3.63) is 5.82 Å². The Kier molecular flexibility index (Phi) is 2.86. The maximum absolute atomic E-state index is 11.1. The quantitative estimate of drug-likeness (QED) is 0.770. The Labute approximate surface area is 92.5 Å². The Morgan fingerprint density at radius 1 is 1.53 bits per heavy atom. The van der Waals surface area contributed by atoms with Crippen molar-refractivity contribution in [3.63, 3.8) is 0 Å². The monoisotopic (exact) mass is 226 g/mol. The molecule has 2 rings (SSSR count). The number of amides is 1. The van der Waals surface area contributed by atoms with E-state index in [1.165, 1.54) is 11.5 Å². The third-order valence-electron chi connectivity index (χ3n) is 2.76. The lowest BCUT2D eigenvalue weighted by atomic mass is 9.96. The third kappa shape index (κ3) is 2.26. The molecule has 0 bridgehead atoms. The van der Waals surface area contributed by atoms with Gasteiger partial charge in [0.15, 0.2) is 5.13 Å². The number of aromatic nitrogens is 2. The summed E-state index contributed by atoms with van der Waals surface area (Å²) >= 11 is 1.24. The van der Waals surface area contributed by atoms with Gasteiger partial charge in [-0.05, 0) is 12.8 Å². The van der Waals surface area contributed by atoms with Crippen LogP contribution in [0.2, 0.25) is 0 Å².